The van der Waals surface area contributed by atoms with Crippen LogP contribution in [0.5, 0.6) is 5.88 Å². The summed E-state index contributed by atoms with van der Waals surface area (Å²) >= 11 is 0. The lowest BCUT2D eigenvalue weighted by atomic mass is 10.1. The summed E-state index contributed by atoms with van der Waals surface area (Å²) in [7, 11) is 0. The zero-order valence-corrected chi connectivity index (χ0v) is 11.1. The molecular formula is C13H22N4O. The molecule has 1 fully saturated rings. The van der Waals surface area contributed by atoms with E-state index in [1.54, 1.807) is 0 Å². The van der Waals surface area contributed by atoms with Gasteiger partial charge in [-0.05, 0) is 32.4 Å². The lowest BCUT2D eigenvalue weighted by Gasteiger charge is -2.26. The van der Waals surface area contributed by atoms with Crippen LogP contribution in [-0.4, -0.2) is 41.1 Å². The van der Waals surface area contributed by atoms with Crippen molar-refractivity contribution in [1.29, 1.82) is 0 Å². The molecule has 2 N–H and O–H groups in total. The molecule has 18 heavy (non-hydrogen) atoms. The Morgan fingerprint density at radius 3 is 2.78 bits per heavy atom. The number of likely N-dealkylation sites (tertiary alicyclic amines) is 1. The van der Waals surface area contributed by atoms with Crippen LogP contribution in [0, 0.1) is 0 Å². The van der Waals surface area contributed by atoms with Gasteiger partial charge in [-0.1, -0.05) is 13.3 Å². The van der Waals surface area contributed by atoms with Crippen molar-refractivity contribution in [3.63, 3.8) is 0 Å². The largest absolute Gasteiger partial charge is 0.476 e. The highest BCUT2D eigenvalue weighted by Gasteiger charge is 2.11. The van der Waals surface area contributed by atoms with Crippen LogP contribution in [0.4, 0.5) is 5.82 Å². The molecule has 0 bridgehead atoms. The molecule has 0 unspecified atom stereocenters. The van der Waals surface area contributed by atoms with Crippen LogP contribution in [0.1, 0.15) is 31.7 Å². The molecule has 0 saturated carbocycles. The molecule has 1 aromatic heterocycles. The predicted molar refractivity (Wildman–Crippen MR) is 71.6 cm³/mol. The number of nitrogens with two attached hydrogens (primary N) is 1. The maximum atomic E-state index is 5.80. The first-order valence-corrected chi connectivity index (χ1v) is 6.75. The number of aromatic nitrogens is 2. The quantitative estimate of drug-likeness (QED) is 0.857. The molecule has 0 spiro atoms. The SMILES string of the molecule is CCc1c(N)ncnc1OCCN1CCCCC1. The molecule has 0 atom stereocenters. The van der Waals surface area contributed by atoms with Crippen molar-refractivity contribution in [2.75, 3.05) is 32.0 Å². The average Bonchev–Trinajstić information content (AvgIpc) is 2.40. The van der Waals surface area contributed by atoms with E-state index < -0.39 is 0 Å². The van der Waals surface area contributed by atoms with Gasteiger partial charge in [0.05, 0.1) is 5.56 Å². The summed E-state index contributed by atoms with van der Waals surface area (Å²) in [6.07, 6.45) is 6.23. The Morgan fingerprint density at radius 1 is 1.28 bits per heavy atom. The number of nitrogens with zero attached hydrogens (tertiary/aromatic N) is 3. The van der Waals surface area contributed by atoms with Crippen LogP contribution >= 0.6 is 0 Å². The fraction of sp³-hybridized carbons (Fsp3) is 0.692. The third kappa shape index (κ3) is 3.32. The predicted octanol–water partition coefficient (Wildman–Crippen LogP) is 1.49. The highest BCUT2D eigenvalue weighted by atomic mass is 16.5. The maximum Gasteiger partial charge on any atom is 0.221 e. The van der Waals surface area contributed by atoms with Crippen LogP contribution in [0.25, 0.3) is 0 Å². The van der Waals surface area contributed by atoms with Crippen LogP contribution in [0.2, 0.25) is 0 Å². The van der Waals surface area contributed by atoms with Crippen molar-refractivity contribution >= 4 is 5.82 Å². The summed E-state index contributed by atoms with van der Waals surface area (Å²) in [4.78, 5) is 10.6. The molecule has 2 rings (SSSR count). The molecule has 2 heterocycles. The molecule has 1 aromatic rings. The van der Waals surface area contributed by atoms with Gasteiger partial charge in [-0.15, -0.1) is 0 Å². The first kappa shape index (κ1) is 13.1. The Kier molecular flexibility index (Phi) is 4.75. The Labute approximate surface area is 108 Å². The monoisotopic (exact) mass is 250 g/mol. The summed E-state index contributed by atoms with van der Waals surface area (Å²) < 4.78 is 5.74. The van der Waals surface area contributed by atoms with Gasteiger partial charge in [-0.2, -0.15) is 0 Å². The zero-order chi connectivity index (χ0) is 12.8. The van der Waals surface area contributed by atoms with Gasteiger partial charge in [0.2, 0.25) is 5.88 Å². The van der Waals surface area contributed by atoms with Crippen LogP contribution < -0.4 is 10.5 Å². The molecule has 0 radical (unpaired) electrons. The summed E-state index contributed by atoms with van der Waals surface area (Å²) in [5, 5.41) is 0. The van der Waals surface area contributed by atoms with E-state index in [9.17, 15) is 0 Å². The first-order chi connectivity index (χ1) is 8.81. The van der Waals surface area contributed by atoms with Crippen molar-refractivity contribution < 1.29 is 4.74 Å². The molecule has 5 heteroatoms. The number of rotatable bonds is 5. The van der Waals surface area contributed by atoms with Gasteiger partial charge >= 0.3 is 0 Å². The Bertz CT molecular complexity index is 377. The summed E-state index contributed by atoms with van der Waals surface area (Å²) in [5.74, 6) is 1.17. The van der Waals surface area contributed by atoms with Crippen molar-refractivity contribution in [3.05, 3.63) is 11.9 Å². The fourth-order valence-corrected chi connectivity index (χ4v) is 2.32. The van der Waals surface area contributed by atoms with E-state index in [0.717, 1.165) is 18.5 Å². The molecule has 100 valence electrons. The fourth-order valence-electron chi connectivity index (χ4n) is 2.32. The van der Waals surface area contributed by atoms with Gasteiger partial charge in [0, 0.05) is 6.54 Å². The highest BCUT2D eigenvalue weighted by molar-refractivity contribution is 5.44. The molecule has 1 saturated heterocycles. The van der Waals surface area contributed by atoms with E-state index in [1.807, 2.05) is 6.92 Å². The first-order valence-electron chi connectivity index (χ1n) is 6.75. The molecule has 0 aliphatic carbocycles. The standard InChI is InChI=1S/C13H22N4O/c1-2-11-12(14)15-10-16-13(11)18-9-8-17-6-4-3-5-7-17/h10H,2-9H2,1H3,(H2,14,15,16). The van der Waals surface area contributed by atoms with Gasteiger partial charge < -0.3 is 10.5 Å². The van der Waals surface area contributed by atoms with Crippen LogP contribution in [0.3, 0.4) is 0 Å². The number of ether oxygens (including phenoxy) is 1. The number of hydrogen-bond acceptors (Lipinski definition) is 5. The number of anilines is 1. The highest BCUT2D eigenvalue weighted by Crippen LogP contribution is 2.19. The lowest BCUT2D eigenvalue weighted by molar-refractivity contribution is 0.180. The van der Waals surface area contributed by atoms with E-state index in [1.165, 1.54) is 38.7 Å². The van der Waals surface area contributed by atoms with E-state index in [4.69, 9.17) is 10.5 Å². The number of hydrogen-bond donors (Lipinski definition) is 1. The third-order valence-electron chi connectivity index (χ3n) is 3.39. The minimum absolute atomic E-state index is 0.528. The second kappa shape index (κ2) is 6.54. The summed E-state index contributed by atoms with van der Waals surface area (Å²) in [6, 6.07) is 0. The Balaban J connectivity index is 1.84. The van der Waals surface area contributed by atoms with Crippen molar-refractivity contribution in [3.8, 4) is 5.88 Å². The maximum absolute atomic E-state index is 5.80. The molecule has 0 aromatic carbocycles. The van der Waals surface area contributed by atoms with Gasteiger partial charge in [0.1, 0.15) is 18.8 Å². The van der Waals surface area contributed by atoms with Gasteiger partial charge in [0.25, 0.3) is 0 Å². The van der Waals surface area contributed by atoms with E-state index in [-0.39, 0.29) is 0 Å². The second-order valence-corrected chi connectivity index (χ2v) is 4.65. The van der Waals surface area contributed by atoms with Crippen molar-refractivity contribution in [1.82, 2.24) is 14.9 Å². The molecule has 1 aliphatic heterocycles. The normalized spacial score (nSPS) is 16.7. The zero-order valence-electron chi connectivity index (χ0n) is 11.1. The topological polar surface area (TPSA) is 64.3 Å². The van der Waals surface area contributed by atoms with Crippen molar-refractivity contribution in [2.45, 2.75) is 32.6 Å². The summed E-state index contributed by atoms with van der Waals surface area (Å²) in [5.41, 5.74) is 6.72. The Hall–Kier alpha value is -1.36. The minimum Gasteiger partial charge on any atom is -0.476 e. The number of piperidine rings is 1. The lowest BCUT2D eigenvalue weighted by Crippen LogP contribution is -2.33. The van der Waals surface area contributed by atoms with E-state index in [2.05, 4.69) is 14.9 Å². The average molecular weight is 250 g/mol. The second-order valence-electron chi connectivity index (χ2n) is 4.65. The van der Waals surface area contributed by atoms with Crippen LogP contribution in [0.15, 0.2) is 6.33 Å². The van der Waals surface area contributed by atoms with E-state index >= 15 is 0 Å². The molecule has 1 aliphatic rings. The molecular weight excluding hydrogens is 228 g/mol. The smallest absolute Gasteiger partial charge is 0.221 e. The molecule has 5 nitrogen and oxygen atoms in total. The van der Waals surface area contributed by atoms with E-state index in [0.29, 0.717) is 18.3 Å². The minimum atomic E-state index is 0.528. The third-order valence-corrected chi connectivity index (χ3v) is 3.39. The Morgan fingerprint density at radius 2 is 2.06 bits per heavy atom. The van der Waals surface area contributed by atoms with Gasteiger partial charge in [-0.25, -0.2) is 9.97 Å². The number of nitrogen functional groups attached to an aromatic ring is 1. The summed E-state index contributed by atoms with van der Waals surface area (Å²) in [6.45, 7) is 6.05. The van der Waals surface area contributed by atoms with Crippen molar-refractivity contribution in [2.24, 2.45) is 0 Å². The van der Waals surface area contributed by atoms with Gasteiger partial charge in [0.15, 0.2) is 0 Å². The van der Waals surface area contributed by atoms with Crippen LogP contribution in [-0.2, 0) is 6.42 Å². The molecule has 0 amide bonds. The van der Waals surface area contributed by atoms with Gasteiger partial charge in [-0.3, -0.25) is 4.90 Å².